The number of carbonyl (C=O) groups is 4. The zero-order chi connectivity index (χ0) is 22.7. The molecule has 12 heteroatoms. The summed E-state index contributed by atoms with van der Waals surface area (Å²) >= 11 is 0. The zero-order valence-corrected chi connectivity index (χ0v) is 18.6. The minimum atomic E-state index is -2.22. The van der Waals surface area contributed by atoms with Crippen molar-refractivity contribution in [3.63, 3.8) is 0 Å². The predicted molar refractivity (Wildman–Crippen MR) is 108 cm³/mol. The van der Waals surface area contributed by atoms with Crippen LogP contribution in [0, 0.1) is 0 Å². The molecule has 1 unspecified atom stereocenters. The molecule has 3 amide bonds. The minimum Gasteiger partial charge on any atom is -0.466 e. The molecule has 1 fully saturated rings. The Morgan fingerprint density at radius 1 is 1.10 bits per heavy atom. The number of nitrogens with zero attached hydrogens (tertiary/aromatic N) is 2. The fraction of sp³-hybridized carbons (Fsp3) is 0.667. The summed E-state index contributed by atoms with van der Waals surface area (Å²) in [5.41, 5.74) is 0. The van der Waals surface area contributed by atoms with Crippen LogP contribution in [0.15, 0.2) is 12.7 Å². The van der Waals surface area contributed by atoms with E-state index in [4.69, 9.17) is 22.0 Å². The summed E-state index contributed by atoms with van der Waals surface area (Å²) in [7, 11) is 2.17. The molecular weight excluding hydrogens is 420 g/mol. The molecule has 1 saturated heterocycles. The summed E-state index contributed by atoms with van der Waals surface area (Å²) in [4.78, 5) is 51.0. The van der Waals surface area contributed by atoms with E-state index in [2.05, 4.69) is 6.58 Å². The van der Waals surface area contributed by atoms with Crippen LogP contribution < -0.4 is 0 Å². The molecule has 1 rings (SSSR count). The second kappa shape index (κ2) is 12.5. The number of hydrogen-bond donors (Lipinski definition) is 0. The maximum atomic E-state index is 12.8. The number of esters is 2. The van der Waals surface area contributed by atoms with Crippen LogP contribution in [0.1, 0.15) is 19.8 Å². The van der Waals surface area contributed by atoms with Gasteiger partial charge in [0.05, 0.1) is 51.8 Å². The average molecular weight is 451 g/mol. The summed E-state index contributed by atoms with van der Waals surface area (Å²) in [5, 5.41) is 0. The standard InChI is InChI=1S/C18H30N2O9S/c1-6-15(21)29-11-10-20-17(23)14(13-16(22)28-7-2)19(18(20)24)9-8-12-30(25-3,26-4)27-5/h6,14H,1,7-13H2,2-5H3. The van der Waals surface area contributed by atoms with E-state index < -0.39 is 40.8 Å². The van der Waals surface area contributed by atoms with Gasteiger partial charge in [0.25, 0.3) is 5.91 Å². The maximum absolute atomic E-state index is 12.8. The van der Waals surface area contributed by atoms with Crippen LogP contribution in [0.4, 0.5) is 4.79 Å². The molecular formula is C18H30N2O9S. The van der Waals surface area contributed by atoms with Gasteiger partial charge in [-0.05, 0) is 13.3 Å². The fourth-order valence-electron chi connectivity index (χ4n) is 2.89. The molecule has 0 aromatic rings. The number of rotatable bonds is 14. The van der Waals surface area contributed by atoms with Crippen LogP contribution in [0.5, 0.6) is 0 Å². The van der Waals surface area contributed by atoms with Crippen molar-refractivity contribution in [2.45, 2.75) is 25.8 Å². The van der Waals surface area contributed by atoms with Gasteiger partial charge in [-0.2, -0.15) is 0 Å². The lowest BCUT2D eigenvalue weighted by Crippen LogP contribution is -2.38. The highest BCUT2D eigenvalue weighted by Crippen LogP contribution is 2.49. The third kappa shape index (κ3) is 6.69. The molecule has 1 aliphatic heterocycles. The lowest BCUT2D eigenvalue weighted by atomic mass is 10.2. The highest BCUT2D eigenvalue weighted by Gasteiger charge is 2.46. The lowest BCUT2D eigenvalue weighted by molar-refractivity contribution is -0.146. The first kappa shape index (κ1) is 25.9. The Morgan fingerprint density at radius 2 is 1.73 bits per heavy atom. The van der Waals surface area contributed by atoms with Gasteiger partial charge in [-0.15, -0.1) is 0 Å². The molecule has 0 radical (unpaired) electrons. The van der Waals surface area contributed by atoms with Gasteiger partial charge >= 0.3 is 18.0 Å². The molecule has 0 saturated carbocycles. The summed E-state index contributed by atoms with van der Waals surface area (Å²) in [6.45, 7) is 4.96. The highest BCUT2D eigenvalue weighted by molar-refractivity contribution is 8.21. The number of imide groups is 1. The van der Waals surface area contributed by atoms with Crippen LogP contribution in [0.2, 0.25) is 0 Å². The van der Waals surface area contributed by atoms with Crippen molar-refractivity contribution in [2.24, 2.45) is 0 Å². The normalized spacial score (nSPS) is 17.3. The molecule has 1 aliphatic rings. The lowest BCUT2D eigenvalue weighted by Gasteiger charge is -2.34. The highest BCUT2D eigenvalue weighted by atomic mass is 32.3. The smallest absolute Gasteiger partial charge is 0.330 e. The first-order valence-corrected chi connectivity index (χ1v) is 10.9. The van der Waals surface area contributed by atoms with Gasteiger partial charge in [0, 0.05) is 18.4 Å². The molecule has 0 bridgehead atoms. The largest absolute Gasteiger partial charge is 0.466 e. The van der Waals surface area contributed by atoms with Gasteiger partial charge in [-0.25, -0.2) is 9.59 Å². The van der Waals surface area contributed by atoms with Crippen molar-refractivity contribution in [1.29, 1.82) is 0 Å². The molecule has 0 N–H and O–H groups in total. The van der Waals surface area contributed by atoms with Crippen molar-refractivity contribution in [3.8, 4) is 0 Å². The molecule has 30 heavy (non-hydrogen) atoms. The second-order valence-corrected chi connectivity index (χ2v) is 8.50. The van der Waals surface area contributed by atoms with Gasteiger partial charge in [-0.1, -0.05) is 6.58 Å². The Morgan fingerprint density at radius 3 is 2.27 bits per heavy atom. The molecule has 0 spiro atoms. The van der Waals surface area contributed by atoms with Gasteiger partial charge in [-0.3, -0.25) is 27.0 Å². The molecule has 1 atom stereocenters. The topological polar surface area (TPSA) is 121 Å². The van der Waals surface area contributed by atoms with E-state index >= 15 is 0 Å². The van der Waals surface area contributed by atoms with Crippen molar-refractivity contribution in [2.75, 3.05) is 53.4 Å². The van der Waals surface area contributed by atoms with Crippen LogP contribution in [0.3, 0.4) is 0 Å². The Balaban J connectivity index is 2.87. The third-order valence-corrected chi connectivity index (χ3v) is 6.66. The number of urea groups is 1. The molecule has 11 nitrogen and oxygen atoms in total. The van der Waals surface area contributed by atoms with Gasteiger partial charge in [0.15, 0.2) is 0 Å². The van der Waals surface area contributed by atoms with E-state index in [1.54, 1.807) is 6.92 Å². The van der Waals surface area contributed by atoms with Gasteiger partial charge in [0.1, 0.15) is 12.6 Å². The number of hydrogen-bond acceptors (Lipinski definition) is 9. The fourth-order valence-corrected chi connectivity index (χ4v) is 4.28. The minimum absolute atomic E-state index is 0.128. The second-order valence-electron chi connectivity index (χ2n) is 5.98. The van der Waals surface area contributed by atoms with E-state index in [-0.39, 0.29) is 32.7 Å². The number of carbonyl (C=O) groups excluding carboxylic acids is 4. The van der Waals surface area contributed by atoms with Gasteiger partial charge < -0.3 is 14.4 Å². The van der Waals surface area contributed by atoms with Crippen LogP contribution in [-0.4, -0.2) is 93.1 Å². The Labute approximate surface area is 178 Å². The van der Waals surface area contributed by atoms with E-state index in [1.807, 2.05) is 0 Å². The summed E-state index contributed by atoms with van der Waals surface area (Å²) < 4.78 is 25.7. The molecule has 0 aromatic carbocycles. The first-order chi connectivity index (χ1) is 14.3. The Bertz CT molecular complexity index is 631. The molecule has 1 heterocycles. The summed E-state index contributed by atoms with van der Waals surface area (Å²) in [5.74, 6) is -1.44. The maximum Gasteiger partial charge on any atom is 0.330 e. The van der Waals surface area contributed by atoms with Crippen LogP contribution in [-0.2, 0) is 36.4 Å². The number of amides is 3. The quantitative estimate of drug-likeness (QED) is 0.218. The van der Waals surface area contributed by atoms with Crippen molar-refractivity contribution in [1.82, 2.24) is 9.80 Å². The van der Waals surface area contributed by atoms with Crippen molar-refractivity contribution < 1.29 is 41.2 Å². The summed E-state index contributed by atoms with van der Waals surface area (Å²) in [6, 6.07) is -1.57. The van der Waals surface area contributed by atoms with Crippen molar-refractivity contribution in [3.05, 3.63) is 12.7 Å². The monoisotopic (exact) mass is 450 g/mol. The molecule has 0 aromatic heterocycles. The van der Waals surface area contributed by atoms with Crippen LogP contribution in [0.25, 0.3) is 0 Å². The summed E-state index contributed by atoms with van der Waals surface area (Å²) in [6.07, 6.45) is 1.13. The zero-order valence-electron chi connectivity index (χ0n) is 17.8. The Hall–Kier alpha value is -2.15. The molecule has 172 valence electrons. The molecule has 0 aliphatic carbocycles. The van der Waals surface area contributed by atoms with E-state index in [0.717, 1.165) is 11.0 Å². The average Bonchev–Trinajstić information content (AvgIpc) is 2.95. The predicted octanol–water partition coefficient (Wildman–Crippen LogP) is 1.18. The first-order valence-electron chi connectivity index (χ1n) is 9.33. The van der Waals surface area contributed by atoms with E-state index in [9.17, 15) is 19.2 Å². The van der Waals surface area contributed by atoms with Gasteiger partial charge in [0.2, 0.25) is 0 Å². The van der Waals surface area contributed by atoms with Crippen LogP contribution >= 0.6 is 10.9 Å². The Kier molecular flexibility index (Phi) is 10.8. The number of ether oxygens (including phenoxy) is 2. The van der Waals surface area contributed by atoms with E-state index in [1.165, 1.54) is 26.2 Å². The van der Waals surface area contributed by atoms with E-state index in [0.29, 0.717) is 12.2 Å². The third-order valence-electron chi connectivity index (χ3n) is 4.35. The SMILES string of the molecule is C=CC(=O)OCCN1C(=O)C(CC(=O)OCC)N(CCCS(OC)(OC)OC)C1=O. The van der Waals surface area contributed by atoms with Crippen molar-refractivity contribution >= 4 is 34.7 Å².